The number of morpholine rings is 1. The van der Waals surface area contributed by atoms with Crippen LogP contribution in [0.1, 0.15) is 46.0 Å². The highest BCUT2D eigenvalue weighted by Gasteiger charge is 2.39. The van der Waals surface area contributed by atoms with E-state index in [0.717, 1.165) is 51.7 Å². The van der Waals surface area contributed by atoms with E-state index in [4.69, 9.17) is 4.74 Å². The summed E-state index contributed by atoms with van der Waals surface area (Å²) in [4.78, 5) is 30.9. The minimum Gasteiger partial charge on any atom is -0.375 e. The molecule has 3 saturated heterocycles. The van der Waals surface area contributed by atoms with Gasteiger partial charge >= 0.3 is 0 Å². The first-order valence-electron chi connectivity index (χ1n) is 9.50. The molecule has 3 atom stereocenters. The Kier molecular flexibility index (Phi) is 5.76. The molecule has 0 aliphatic carbocycles. The Bertz CT molecular complexity index is 470. The van der Waals surface area contributed by atoms with Crippen LogP contribution in [0, 0.1) is 0 Å². The number of likely N-dealkylation sites (tertiary alicyclic amines) is 2. The number of carbonyl (C=O) groups excluding carboxylic acids is 2. The summed E-state index contributed by atoms with van der Waals surface area (Å²) >= 11 is 0. The molecule has 0 bridgehead atoms. The molecule has 136 valence electrons. The van der Waals surface area contributed by atoms with E-state index in [1.165, 1.54) is 0 Å². The average Bonchev–Trinajstić information content (AvgIpc) is 3.23. The molecular weight excluding hydrogens is 306 g/mol. The van der Waals surface area contributed by atoms with Crippen molar-refractivity contribution in [3.8, 4) is 0 Å². The summed E-state index contributed by atoms with van der Waals surface area (Å²) < 4.78 is 5.67. The summed E-state index contributed by atoms with van der Waals surface area (Å²) in [5.41, 5.74) is 0. The third-order valence-electron chi connectivity index (χ3n) is 5.85. The van der Waals surface area contributed by atoms with Gasteiger partial charge in [-0.25, -0.2) is 0 Å². The van der Waals surface area contributed by atoms with Crippen molar-refractivity contribution in [1.29, 1.82) is 0 Å². The quantitative estimate of drug-likeness (QED) is 0.771. The zero-order chi connectivity index (χ0) is 17.1. The third-order valence-corrected chi connectivity index (χ3v) is 5.85. The summed E-state index contributed by atoms with van der Waals surface area (Å²) in [5, 5.41) is 0. The predicted octanol–water partition coefficient (Wildman–Crippen LogP) is 1.10. The fourth-order valence-corrected chi connectivity index (χ4v) is 4.53. The van der Waals surface area contributed by atoms with Crippen LogP contribution in [0.2, 0.25) is 0 Å². The van der Waals surface area contributed by atoms with E-state index in [-0.39, 0.29) is 17.9 Å². The van der Waals surface area contributed by atoms with Gasteiger partial charge in [0.1, 0.15) is 0 Å². The van der Waals surface area contributed by atoms with Crippen LogP contribution in [0.5, 0.6) is 0 Å². The van der Waals surface area contributed by atoms with E-state index >= 15 is 0 Å². The van der Waals surface area contributed by atoms with E-state index in [9.17, 15) is 9.59 Å². The van der Waals surface area contributed by atoms with Gasteiger partial charge in [0, 0.05) is 38.6 Å². The Morgan fingerprint density at radius 1 is 1.08 bits per heavy atom. The van der Waals surface area contributed by atoms with Crippen LogP contribution in [0.25, 0.3) is 0 Å². The van der Waals surface area contributed by atoms with Gasteiger partial charge in [-0.05, 0) is 38.6 Å². The second kappa shape index (κ2) is 7.83. The Labute approximate surface area is 145 Å². The predicted molar refractivity (Wildman–Crippen MR) is 91.6 cm³/mol. The molecule has 0 aromatic rings. The fourth-order valence-electron chi connectivity index (χ4n) is 4.53. The molecule has 0 radical (unpaired) electrons. The Morgan fingerprint density at radius 3 is 2.58 bits per heavy atom. The van der Waals surface area contributed by atoms with Gasteiger partial charge in [0.2, 0.25) is 11.8 Å². The van der Waals surface area contributed by atoms with Crippen molar-refractivity contribution < 1.29 is 14.3 Å². The standard InChI is InChI=1S/C18H31N3O3/c1-3-15-12-20(10-11-24-15)18(23)13-19-8-4-6-16(19)17-7-5-9-21(17)14(2)22/h15-17H,3-13H2,1-2H3/t15-,16-,17-/m1/s1. The van der Waals surface area contributed by atoms with Gasteiger partial charge < -0.3 is 14.5 Å². The normalized spacial score (nSPS) is 31.7. The highest BCUT2D eigenvalue weighted by molar-refractivity contribution is 5.78. The average molecular weight is 337 g/mol. The van der Waals surface area contributed by atoms with Crippen LogP contribution in [-0.4, -0.2) is 84.0 Å². The number of hydrogen-bond donors (Lipinski definition) is 0. The number of amides is 2. The van der Waals surface area contributed by atoms with Crippen molar-refractivity contribution in [3.05, 3.63) is 0 Å². The van der Waals surface area contributed by atoms with E-state index < -0.39 is 0 Å². The molecule has 0 spiro atoms. The second-order valence-corrected chi connectivity index (χ2v) is 7.34. The molecule has 3 aliphatic rings. The Balaban J connectivity index is 1.59. The van der Waals surface area contributed by atoms with Crippen molar-refractivity contribution >= 4 is 11.8 Å². The fraction of sp³-hybridized carbons (Fsp3) is 0.889. The molecule has 6 heteroatoms. The molecule has 2 amide bonds. The van der Waals surface area contributed by atoms with Gasteiger partial charge in [0.15, 0.2) is 0 Å². The number of hydrogen-bond acceptors (Lipinski definition) is 4. The number of nitrogens with zero attached hydrogens (tertiary/aromatic N) is 3. The molecular formula is C18H31N3O3. The van der Waals surface area contributed by atoms with Crippen LogP contribution >= 0.6 is 0 Å². The van der Waals surface area contributed by atoms with Crippen LogP contribution in [0.3, 0.4) is 0 Å². The lowest BCUT2D eigenvalue weighted by Gasteiger charge is -2.37. The topological polar surface area (TPSA) is 53.1 Å². The van der Waals surface area contributed by atoms with E-state index in [1.807, 2.05) is 9.80 Å². The van der Waals surface area contributed by atoms with Crippen LogP contribution < -0.4 is 0 Å². The van der Waals surface area contributed by atoms with Gasteiger partial charge in [-0.15, -0.1) is 0 Å². The van der Waals surface area contributed by atoms with Crippen LogP contribution in [0.4, 0.5) is 0 Å². The van der Waals surface area contributed by atoms with Crippen LogP contribution in [0.15, 0.2) is 0 Å². The number of carbonyl (C=O) groups is 2. The minimum absolute atomic E-state index is 0.176. The molecule has 3 aliphatic heterocycles. The van der Waals surface area contributed by atoms with Crippen molar-refractivity contribution in [1.82, 2.24) is 14.7 Å². The van der Waals surface area contributed by atoms with Crippen molar-refractivity contribution in [2.45, 2.75) is 64.1 Å². The maximum Gasteiger partial charge on any atom is 0.236 e. The molecule has 3 fully saturated rings. The maximum atomic E-state index is 12.7. The molecule has 6 nitrogen and oxygen atoms in total. The first-order chi connectivity index (χ1) is 11.6. The summed E-state index contributed by atoms with van der Waals surface area (Å²) in [6, 6.07) is 0.647. The van der Waals surface area contributed by atoms with Gasteiger partial charge in [-0.3, -0.25) is 14.5 Å². The molecule has 0 aromatic carbocycles. The molecule has 0 saturated carbocycles. The third kappa shape index (κ3) is 3.75. The largest absolute Gasteiger partial charge is 0.375 e. The molecule has 0 unspecified atom stereocenters. The lowest BCUT2D eigenvalue weighted by Crippen LogP contribution is -2.52. The Hall–Kier alpha value is -1.14. The molecule has 3 rings (SSSR count). The molecule has 24 heavy (non-hydrogen) atoms. The lowest BCUT2D eigenvalue weighted by atomic mass is 10.0. The van der Waals surface area contributed by atoms with Crippen molar-refractivity contribution in [2.24, 2.45) is 0 Å². The summed E-state index contributed by atoms with van der Waals surface area (Å²) in [5.74, 6) is 0.394. The van der Waals surface area contributed by atoms with Gasteiger partial charge in [-0.2, -0.15) is 0 Å². The zero-order valence-corrected chi connectivity index (χ0v) is 15.1. The first-order valence-corrected chi connectivity index (χ1v) is 9.50. The number of rotatable bonds is 4. The minimum atomic E-state index is 0.176. The monoisotopic (exact) mass is 337 g/mol. The van der Waals surface area contributed by atoms with E-state index in [1.54, 1.807) is 6.92 Å². The van der Waals surface area contributed by atoms with E-state index in [0.29, 0.717) is 31.8 Å². The van der Waals surface area contributed by atoms with Crippen LogP contribution in [-0.2, 0) is 14.3 Å². The van der Waals surface area contributed by atoms with Crippen molar-refractivity contribution in [3.63, 3.8) is 0 Å². The maximum absolute atomic E-state index is 12.7. The summed E-state index contributed by atoms with van der Waals surface area (Å²) in [6.45, 7) is 8.18. The number of ether oxygens (including phenoxy) is 1. The van der Waals surface area contributed by atoms with Gasteiger partial charge in [0.25, 0.3) is 0 Å². The molecule has 0 N–H and O–H groups in total. The molecule has 0 aromatic heterocycles. The highest BCUT2D eigenvalue weighted by Crippen LogP contribution is 2.30. The van der Waals surface area contributed by atoms with Gasteiger partial charge in [0.05, 0.1) is 19.3 Å². The second-order valence-electron chi connectivity index (χ2n) is 7.34. The zero-order valence-electron chi connectivity index (χ0n) is 15.1. The summed E-state index contributed by atoms with van der Waals surface area (Å²) in [6.07, 6.45) is 5.52. The Morgan fingerprint density at radius 2 is 1.83 bits per heavy atom. The highest BCUT2D eigenvalue weighted by atomic mass is 16.5. The van der Waals surface area contributed by atoms with Crippen molar-refractivity contribution in [2.75, 3.05) is 39.3 Å². The smallest absolute Gasteiger partial charge is 0.236 e. The first kappa shape index (κ1) is 17.7. The van der Waals surface area contributed by atoms with Gasteiger partial charge in [-0.1, -0.05) is 6.92 Å². The summed E-state index contributed by atoms with van der Waals surface area (Å²) in [7, 11) is 0. The lowest BCUT2D eigenvalue weighted by molar-refractivity contribution is -0.140. The van der Waals surface area contributed by atoms with E-state index in [2.05, 4.69) is 11.8 Å². The molecule has 3 heterocycles. The SMILES string of the molecule is CC[C@@H]1CN(C(=O)CN2CCC[C@@H]2[C@H]2CCCN2C(C)=O)CCO1.